The van der Waals surface area contributed by atoms with Crippen molar-refractivity contribution in [1.29, 1.82) is 0 Å². The summed E-state index contributed by atoms with van der Waals surface area (Å²) < 4.78 is 0. The van der Waals surface area contributed by atoms with Gasteiger partial charge in [0, 0.05) is 5.41 Å². The number of hydrogen-bond acceptors (Lipinski definition) is 5. The number of nitrogens with zero attached hydrogens (tertiary/aromatic N) is 1. The minimum absolute atomic E-state index is 0.111. The summed E-state index contributed by atoms with van der Waals surface area (Å²) in [6, 6.07) is 0. The van der Waals surface area contributed by atoms with E-state index in [0.29, 0.717) is 12.8 Å². The van der Waals surface area contributed by atoms with Crippen LogP contribution in [-0.4, -0.2) is 49.6 Å². The Bertz CT molecular complexity index is 864. The lowest BCUT2D eigenvalue weighted by Gasteiger charge is -2.60. The van der Waals surface area contributed by atoms with Crippen LogP contribution in [0.15, 0.2) is 11.8 Å². The summed E-state index contributed by atoms with van der Waals surface area (Å²) in [5.74, 6) is 0.0713. The Labute approximate surface area is 192 Å². The van der Waals surface area contributed by atoms with E-state index in [0.717, 1.165) is 31.4 Å². The smallest absolute Gasteiger partial charge is 0.190 e. The molecule has 0 radical (unpaired) electrons. The molecule has 1 aromatic heterocycles. The Morgan fingerprint density at radius 1 is 1.22 bits per heavy atom. The molecular formula is C26H42N2O4. The molecule has 4 aliphatic rings. The highest BCUT2D eigenvalue weighted by atomic mass is 16.3. The number of allylic oxidation sites excluding steroid dienone is 1. The quantitative estimate of drug-likeness (QED) is 0.551. The molecule has 0 amide bonds. The second-order valence-electron chi connectivity index (χ2n) is 10.1. The SMILES string of the molecule is CC.CC.CC12Cc3cn[nH]c3C=C1CCC1C2C(O)CC2(C)C1CC[C@]2(O)C(=O)CO. The molecule has 6 nitrogen and oxygen atoms in total. The van der Waals surface area contributed by atoms with E-state index in [9.17, 15) is 20.1 Å². The lowest BCUT2D eigenvalue weighted by molar-refractivity contribution is -0.181. The van der Waals surface area contributed by atoms with Crippen molar-refractivity contribution in [3.05, 3.63) is 23.0 Å². The van der Waals surface area contributed by atoms with Gasteiger partial charge in [-0.05, 0) is 73.3 Å². The fourth-order valence-electron chi connectivity index (χ4n) is 7.69. The van der Waals surface area contributed by atoms with Crippen molar-refractivity contribution in [3.63, 3.8) is 0 Å². The summed E-state index contributed by atoms with van der Waals surface area (Å²) in [5, 5.41) is 39.4. The fraction of sp³-hybridized carbons (Fsp3) is 0.769. The number of H-pyrrole nitrogens is 1. The van der Waals surface area contributed by atoms with E-state index < -0.39 is 29.5 Å². The Hall–Kier alpha value is -1.50. The van der Waals surface area contributed by atoms with Gasteiger partial charge < -0.3 is 15.3 Å². The van der Waals surface area contributed by atoms with E-state index in [4.69, 9.17) is 0 Å². The maximum absolute atomic E-state index is 12.5. The van der Waals surface area contributed by atoms with Gasteiger partial charge in [0.15, 0.2) is 5.78 Å². The molecule has 0 aliphatic heterocycles. The van der Waals surface area contributed by atoms with Gasteiger partial charge in [0.05, 0.1) is 18.0 Å². The molecule has 0 bridgehead atoms. The van der Waals surface area contributed by atoms with Crippen molar-refractivity contribution in [1.82, 2.24) is 10.2 Å². The van der Waals surface area contributed by atoms with Crippen LogP contribution in [0.4, 0.5) is 0 Å². The van der Waals surface area contributed by atoms with Crippen molar-refractivity contribution < 1.29 is 20.1 Å². The minimum Gasteiger partial charge on any atom is -0.393 e. The van der Waals surface area contributed by atoms with Crippen molar-refractivity contribution >= 4 is 11.9 Å². The predicted molar refractivity (Wildman–Crippen MR) is 126 cm³/mol. The number of fused-ring (bicyclic) bond motifs is 6. The molecule has 5 rings (SSSR count). The summed E-state index contributed by atoms with van der Waals surface area (Å²) >= 11 is 0. The number of hydrogen-bond donors (Lipinski definition) is 4. The third kappa shape index (κ3) is 3.33. The third-order valence-corrected chi connectivity index (χ3v) is 9.05. The zero-order chi connectivity index (χ0) is 23.9. The Morgan fingerprint density at radius 3 is 2.56 bits per heavy atom. The fourth-order valence-corrected chi connectivity index (χ4v) is 7.69. The second-order valence-corrected chi connectivity index (χ2v) is 10.1. The number of Topliss-reactive ketones (excluding diaryl/α,β-unsaturated/α-hetero) is 1. The van der Waals surface area contributed by atoms with Gasteiger partial charge in [-0.2, -0.15) is 5.10 Å². The highest BCUT2D eigenvalue weighted by Gasteiger charge is 2.68. The van der Waals surface area contributed by atoms with Gasteiger partial charge in [-0.15, -0.1) is 0 Å². The molecule has 0 saturated heterocycles. The average molecular weight is 447 g/mol. The first-order chi connectivity index (χ1) is 15.2. The number of aromatic nitrogens is 2. The van der Waals surface area contributed by atoms with E-state index in [1.807, 2.05) is 40.8 Å². The molecule has 3 saturated carbocycles. The van der Waals surface area contributed by atoms with E-state index in [1.165, 1.54) is 11.1 Å². The first-order valence-electron chi connectivity index (χ1n) is 12.5. The number of ketones is 1. The maximum atomic E-state index is 12.5. The van der Waals surface area contributed by atoms with Crippen molar-refractivity contribution in [2.24, 2.45) is 28.6 Å². The van der Waals surface area contributed by atoms with Gasteiger partial charge in [0.1, 0.15) is 12.2 Å². The highest BCUT2D eigenvalue weighted by molar-refractivity contribution is 5.89. The number of aliphatic hydroxyl groups is 3. The van der Waals surface area contributed by atoms with Crippen LogP contribution >= 0.6 is 0 Å². The largest absolute Gasteiger partial charge is 0.393 e. The van der Waals surface area contributed by atoms with Crippen molar-refractivity contribution in [2.75, 3.05) is 6.61 Å². The molecule has 7 atom stereocenters. The van der Waals surface area contributed by atoms with Crippen molar-refractivity contribution in [2.45, 2.75) is 91.8 Å². The number of carbonyl (C=O) groups is 1. The summed E-state index contributed by atoms with van der Waals surface area (Å²) in [6.07, 6.45) is 7.91. The standard InChI is InChI=1S/C22H30N2O4.2C2H6/c1-20-8-12-10-23-24-16(12)7-13(20)3-4-14-15-5-6-22(28,18(27)11-25)21(15,2)9-17(26)19(14)20;2*1-2/h7,10,14-15,17,19,25-26,28H,3-6,8-9,11H2,1-2H3,(H,23,24);2*1-2H3/t14?,15?,17?,19?,20?,21?,22-;;/m0../s1. The third-order valence-electron chi connectivity index (χ3n) is 9.05. The van der Waals surface area contributed by atoms with Crippen LogP contribution in [0.3, 0.4) is 0 Å². The molecule has 1 heterocycles. The Kier molecular flexibility index (Phi) is 7.09. The van der Waals surface area contributed by atoms with Gasteiger partial charge in [0.2, 0.25) is 0 Å². The number of carbonyl (C=O) groups excluding carboxylic acids is 1. The molecule has 4 aliphatic carbocycles. The normalized spacial score (nSPS) is 41.3. The van der Waals surface area contributed by atoms with Crippen LogP contribution in [-0.2, 0) is 11.2 Å². The van der Waals surface area contributed by atoms with Gasteiger partial charge in [-0.25, -0.2) is 0 Å². The molecule has 180 valence electrons. The van der Waals surface area contributed by atoms with E-state index in [-0.39, 0.29) is 23.2 Å². The van der Waals surface area contributed by atoms with Crippen LogP contribution < -0.4 is 0 Å². The summed E-state index contributed by atoms with van der Waals surface area (Å²) in [6.45, 7) is 11.6. The lowest BCUT2D eigenvalue weighted by atomic mass is 9.45. The zero-order valence-electron chi connectivity index (χ0n) is 20.6. The van der Waals surface area contributed by atoms with Gasteiger partial charge in [-0.3, -0.25) is 9.89 Å². The Balaban J connectivity index is 0.000000686. The topological polar surface area (TPSA) is 106 Å². The van der Waals surface area contributed by atoms with Gasteiger partial charge >= 0.3 is 0 Å². The molecule has 32 heavy (non-hydrogen) atoms. The molecular weight excluding hydrogens is 404 g/mol. The maximum Gasteiger partial charge on any atom is 0.190 e. The first kappa shape index (κ1) is 25.1. The van der Waals surface area contributed by atoms with Gasteiger partial charge in [0.25, 0.3) is 0 Å². The minimum atomic E-state index is -1.53. The lowest BCUT2D eigenvalue weighted by Crippen LogP contribution is -2.62. The number of nitrogens with one attached hydrogen (secondary N) is 1. The summed E-state index contributed by atoms with van der Waals surface area (Å²) in [4.78, 5) is 12.5. The van der Waals surface area contributed by atoms with Crippen LogP contribution in [0, 0.1) is 28.6 Å². The zero-order valence-corrected chi connectivity index (χ0v) is 20.6. The van der Waals surface area contributed by atoms with E-state index >= 15 is 0 Å². The van der Waals surface area contributed by atoms with Crippen molar-refractivity contribution in [3.8, 4) is 0 Å². The molecule has 0 spiro atoms. The molecule has 0 aromatic carbocycles. The molecule has 1 aromatic rings. The molecule has 6 unspecified atom stereocenters. The van der Waals surface area contributed by atoms with E-state index in [2.05, 4.69) is 23.2 Å². The second kappa shape index (κ2) is 9.03. The Morgan fingerprint density at radius 2 is 1.91 bits per heavy atom. The average Bonchev–Trinajstić information content (AvgIpc) is 3.35. The monoisotopic (exact) mass is 446 g/mol. The van der Waals surface area contributed by atoms with Crippen LogP contribution in [0.2, 0.25) is 0 Å². The number of aliphatic hydroxyl groups excluding tert-OH is 2. The molecule has 3 fully saturated rings. The predicted octanol–water partition coefficient (Wildman–Crippen LogP) is 3.91. The first-order valence-corrected chi connectivity index (χ1v) is 12.5. The summed E-state index contributed by atoms with van der Waals surface area (Å²) in [5.41, 5.74) is 1.34. The van der Waals surface area contributed by atoms with E-state index in [1.54, 1.807) is 0 Å². The van der Waals surface area contributed by atoms with Crippen LogP contribution in [0.5, 0.6) is 0 Å². The molecule has 4 N–H and O–H groups in total. The molecule has 6 heteroatoms. The highest BCUT2D eigenvalue weighted by Crippen LogP contribution is 2.67. The number of rotatable bonds is 2. The van der Waals surface area contributed by atoms with Crippen LogP contribution in [0.25, 0.3) is 6.08 Å². The summed E-state index contributed by atoms with van der Waals surface area (Å²) in [7, 11) is 0. The number of aromatic amines is 1. The van der Waals surface area contributed by atoms with Gasteiger partial charge in [-0.1, -0.05) is 47.1 Å². The van der Waals surface area contributed by atoms with Crippen LogP contribution in [0.1, 0.15) is 84.9 Å².